The molecule has 1 heteroatoms. The van der Waals surface area contributed by atoms with Crippen LogP contribution in [0.15, 0.2) is 0 Å². The van der Waals surface area contributed by atoms with Crippen molar-refractivity contribution in [1.29, 1.82) is 0 Å². The molecular formula is C13H33N. The fourth-order valence-corrected chi connectivity index (χ4v) is 1.13. The van der Waals surface area contributed by atoms with Crippen LogP contribution in [0.25, 0.3) is 0 Å². The Labute approximate surface area is 92.5 Å². The predicted molar refractivity (Wildman–Crippen MR) is 69.7 cm³/mol. The Morgan fingerprint density at radius 1 is 0.857 bits per heavy atom. The molecule has 0 bridgehead atoms. The third-order valence-corrected chi connectivity index (χ3v) is 1.85. The van der Waals surface area contributed by atoms with E-state index in [9.17, 15) is 0 Å². The van der Waals surface area contributed by atoms with E-state index in [4.69, 9.17) is 5.73 Å². The first kappa shape index (κ1) is 19.5. The summed E-state index contributed by atoms with van der Waals surface area (Å²) in [6.45, 7) is 13.7. The van der Waals surface area contributed by atoms with Gasteiger partial charge in [-0.15, -0.1) is 0 Å². The van der Waals surface area contributed by atoms with Gasteiger partial charge in [0.2, 0.25) is 0 Å². The first-order valence-electron chi connectivity index (χ1n) is 6.42. The summed E-state index contributed by atoms with van der Waals surface area (Å²) >= 11 is 0. The van der Waals surface area contributed by atoms with Crippen LogP contribution in [0.2, 0.25) is 0 Å². The predicted octanol–water partition coefficient (Wildman–Crippen LogP) is 4.60. The first-order valence-corrected chi connectivity index (χ1v) is 6.42. The molecule has 0 aliphatic heterocycles. The SMILES string of the molecule is CC.CCCC(C)CCC.CCCN. The molecule has 0 radical (unpaired) electrons. The van der Waals surface area contributed by atoms with Gasteiger partial charge >= 0.3 is 0 Å². The zero-order chi connectivity index (χ0) is 11.8. The Balaban J connectivity index is -0.000000170. The van der Waals surface area contributed by atoms with Crippen LogP contribution in [-0.2, 0) is 0 Å². The third-order valence-electron chi connectivity index (χ3n) is 1.85. The van der Waals surface area contributed by atoms with Crippen molar-refractivity contribution in [1.82, 2.24) is 0 Å². The van der Waals surface area contributed by atoms with Crippen LogP contribution >= 0.6 is 0 Å². The lowest BCUT2D eigenvalue weighted by atomic mass is 10.0. The smallest absolute Gasteiger partial charge is 0.00799 e. The summed E-state index contributed by atoms with van der Waals surface area (Å²) in [6.07, 6.45) is 6.62. The molecule has 0 saturated carbocycles. The van der Waals surface area contributed by atoms with E-state index in [0.29, 0.717) is 0 Å². The van der Waals surface area contributed by atoms with Gasteiger partial charge in [-0.25, -0.2) is 0 Å². The number of rotatable bonds is 5. The monoisotopic (exact) mass is 203 g/mol. The molecule has 0 atom stereocenters. The molecule has 0 aromatic heterocycles. The number of hydrogen-bond donors (Lipinski definition) is 1. The lowest BCUT2D eigenvalue weighted by molar-refractivity contribution is 0.480. The summed E-state index contributed by atoms with van der Waals surface area (Å²) in [7, 11) is 0. The van der Waals surface area contributed by atoms with E-state index >= 15 is 0 Å². The van der Waals surface area contributed by atoms with Crippen LogP contribution in [-0.4, -0.2) is 6.54 Å². The first-order chi connectivity index (χ1) is 6.72. The van der Waals surface area contributed by atoms with Gasteiger partial charge in [0.05, 0.1) is 0 Å². The molecule has 0 rings (SSSR count). The fourth-order valence-electron chi connectivity index (χ4n) is 1.13. The Kier molecular flexibility index (Phi) is 32.2. The van der Waals surface area contributed by atoms with Gasteiger partial charge in [0.15, 0.2) is 0 Å². The van der Waals surface area contributed by atoms with Crippen LogP contribution in [0.3, 0.4) is 0 Å². The average molecular weight is 203 g/mol. The van der Waals surface area contributed by atoms with Gasteiger partial charge in [0.25, 0.3) is 0 Å². The van der Waals surface area contributed by atoms with E-state index in [1.165, 1.54) is 25.7 Å². The molecule has 0 heterocycles. The van der Waals surface area contributed by atoms with E-state index in [1.807, 2.05) is 13.8 Å². The standard InChI is InChI=1S/C8H18.C3H9N.C2H6/c1-4-6-8(3)7-5-2;1-2-3-4;1-2/h8H,4-7H2,1-3H3;2-4H2,1H3;1-2H3. The molecule has 1 nitrogen and oxygen atoms in total. The minimum atomic E-state index is 0.819. The number of nitrogens with two attached hydrogens (primary N) is 1. The molecule has 2 N–H and O–H groups in total. The molecule has 0 spiro atoms. The van der Waals surface area contributed by atoms with Crippen LogP contribution in [0.1, 0.15) is 73.6 Å². The summed E-state index contributed by atoms with van der Waals surface area (Å²) in [4.78, 5) is 0. The van der Waals surface area contributed by atoms with Crippen molar-refractivity contribution in [3.05, 3.63) is 0 Å². The van der Waals surface area contributed by atoms with E-state index < -0.39 is 0 Å². The largest absolute Gasteiger partial charge is 0.330 e. The molecule has 0 saturated heterocycles. The van der Waals surface area contributed by atoms with Gasteiger partial charge in [-0.1, -0.05) is 67.2 Å². The summed E-state index contributed by atoms with van der Waals surface area (Å²) in [5.74, 6) is 0.963. The fraction of sp³-hybridized carbons (Fsp3) is 1.00. The molecule has 0 aromatic carbocycles. The maximum atomic E-state index is 5.03. The van der Waals surface area contributed by atoms with Gasteiger partial charge in [0.1, 0.15) is 0 Å². The third kappa shape index (κ3) is 29.7. The lowest BCUT2D eigenvalue weighted by Crippen LogP contribution is -1.93. The van der Waals surface area contributed by atoms with Crippen LogP contribution in [0.4, 0.5) is 0 Å². The molecule has 0 amide bonds. The summed E-state index contributed by atoms with van der Waals surface area (Å²) < 4.78 is 0. The topological polar surface area (TPSA) is 26.0 Å². The molecule has 0 fully saturated rings. The maximum absolute atomic E-state index is 5.03. The molecule has 0 aliphatic carbocycles. The van der Waals surface area contributed by atoms with Crippen molar-refractivity contribution in [2.75, 3.05) is 6.54 Å². The Morgan fingerprint density at radius 3 is 1.29 bits per heavy atom. The highest BCUT2D eigenvalue weighted by Gasteiger charge is 1.95. The second-order valence-corrected chi connectivity index (χ2v) is 3.47. The summed E-state index contributed by atoms with van der Waals surface area (Å²) in [5, 5.41) is 0. The van der Waals surface area contributed by atoms with Crippen molar-refractivity contribution >= 4 is 0 Å². The highest BCUT2D eigenvalue weighted by Crippen LogP contribution is 2.10. The lowest BCUT2D eigenvalue weighted by Gasteiger charge is -2.05. The minimum Gasteiger partial charge on any atom is -0.330 e. The quantitative estimate of drug-likeness (QED) is 0.694. The van der Waals surface area contributed by atoms with Crippen LogP contribution in [0, 0.1) is 5.92 Å². The van der Waals surface area contributed by atoms with Gasteiger partial charge in [-0.2, -0.15) is 0 Å². The highest BCUT2D eigenvalue weighted by molar-refractivity contribution is 4.48. The Hall–Kier alpha value is -0.0400. The second kappa shape index (κ2) is 23.1. The second-order valence-electron chi connectivity index (χ2n) is 3.47. The molecule has 0 aromatic rings. The van der Waals surface area contributed by atoms with Gasteiger partial charge in [-0.05, 0) is 18.9 Å². The van der Waals surface area contributed by atoms with Crippen molar-refractivity contribution < 1.29 is 0 Å². The maximum Gasteiger partial charge on any atom is -0.00799 e. The van der Waals surface area contributed by atoms with Crippen LogP contribution in [0.5, 0.6) is 0 Å². The van der Waals surface area contributed by atoms with E-state index in [0.717, 1.165) is 18.9 Å². The molecule has 0 aliphatic rings. The van der Waals surface area contributed by atoms with Crippen molar-refractivity contribution in [3.8, 4) is 0 Å². The summed E-state index contributed by atoms with van der Waals surface area (Å²) in [6, 6.07) is 0. The van der Waals surface area contributed by atoms with Gasteiger partial charge < -0.3 is 5.73 Å². The van der Waals surface area contributed by atoms with E-state index in [-0.39, 0.29) is 0 Å². The Morgan fingerprint density at radius 2 is 1.14 bits per heavy atom. The van der Waals surface area contributed by atoms with Crippen molar-refractivity contribution in [2.24, 2.45) is 11.7 Å². The van der Waals surface area contributed by atoms with Crippen molar-refractivity contribution in [3.63, 3.8) is 0 Å². The van der Waals surface area contributed by atoms with Gasteiger partial charge in [0, 0.05) is 0 Å². The van der Waals surface area contributed by atoms with Crippen molar-refractivity contribution in [2.45, 2.75) is 73.6 Å². The highest BCUT2D eigenvalue weighted by atomic mass is 14.5. The zero-order valence-electron chi connectivity index (χ0n) is 11.4. The Bertz CT molecular complexity index is 54.3. The molecule has 0 unspecified atom stereocenters. The number of hydrogen-bond acceptors (Lipinski definition) is 1. The van der Waals surface area contributed by atoms with E-state index in [2.05, 4.69) is 27.7 Å². The molecule has 14 heavy (non-hydrogen) atoms. The van der Waals surface area contributed by atoms with Gasteiger partial charge in [-0.3, -0.25) is 0 Å². The normalized spacial score (nSPS) is 8.57. The molecular weight excluding hydrogens is 170 g/mol. The minimum absolute atomic E-state index is 0.819. The van der Waals surface area contributed by atoms with Crippen LogP contribution < -0.4 is 5.73 Å². The summed E-state index contributed by atoms with van der Waals surface area (Å²) in [5.41, 5.74) is 5.03. The van der Waals surface area contributed by atoms with E-state index in [1.54, 1.807) is 0 Å². The zero-order valence-corrected chi connectivity index (χ0v) is 11.4. The average Bonchev–Trinajstić information content (AvgIpc) is 2.22. The molecule has 90 valence electrons.